The van der Waals surface area contributed by atoms with Crippen molar-refractivity contribution in [2.45, 2.75) is 25.2 Å². The summed E-state index contributed by atoms with van der Waals surface area (Å²) in [6.45, 7) is 4.67. The minimum absolute atomic E-state index is 0.348. The van der Waals surface area contributed by atoms with Crippen LogP contribution in [0.3, 0.4) is 0 Å². The van der Waals surface area contributed by atoms with Gasteiger partial charge in [0.1, 0.15) is 0 Å². The van der Waals surface area contributed by atoms with Gasteiger partial charge in [-0.25, -0.2) is 0 Å². The molecule has 0 bridgehead atoms. The topological polar surface area (TPSA) is 12.0 Å². The summed E-state index contributed by atoms with van der Waals surface area (Å²) in [6.07, 6.45) is 2.47. The Hall–Kier alpha value is -1.60. The second kappa shape index (κ2) is 5.18. The maximum absolute atomic E-state index is 3.45. The molecule has 1 nitrogen and oxygen atoms in total. The zero-order chi connectivity index (χ0) is 13.1. The molecule has 0 radical (unpaired) electrons. The Bertz CT molecular complexity index is 521. The predicted molar refractivity (Wildman–Crippen MR) is 81.3 cm³/mol. The summed E-state index contributed by atoms with van der Waals surface area (Å²) in [5.74, 6) is 0. The SMILES string of the molecule is CC1(c2ccc(-c3ccccc3)cc2)CCNCC1. The molecule has 1 saturated heterocycles. The summed E-state index contributed by atoms with van der Waals surface area (Å²) in [6, 6.07) is 19.7. The molecular formula is C18H21N. The van der Waals surface area contributed by atoms with Crippen LogP contribution in [0.1, 0.15) is 25.3 Å². The zero-order valence-corrected chi connectivity index (χ0v) is 11.5. The first-order valence-corrected chi connectivity index (χ1v) is 7.15. The molecule has 2 aromatic rings. The Morgan fingerprint density at radius 3 is 2.00 bits per heavy atom. The first-order chi connectivity index (χ1) is 9.28. The van der Waals surface area contributed by atoms with E-state index in [-0.39, 0.29) is 0 Å². The zero-order valence-electron chi connectivity index (χ0n) is 11.5. The quantitative estimate of drug-likeness (QED) is 0.851. The number of benzene rings is 2. The second-order valence-electron chi connectivity index (χ2n) is 5.75. The predicted octanol–water partition coefficient (Wildman–Crippen LogP) is 3.99. The van der Waals surface area contributed by atoms with Crippen molar-refractivity contribution in [3.05, 3.63) is 60.2 Å². The molecule has 1 N–H and O–H groups in total. The lowest BCUT2D eigenvalue weighted by Crippen LogP contribution is -2.37. The van der Waals surface area contributed by atoms with Gasteiger partial charge in [-0.1, -0.05) is 61.5 Å². The Balaban J connectivity index is 1.87. The van der Waals surface area contributed by atoms with Crippen LogP contribution in [0.2, 0.25) is 0 Å². The van der Waals surface area contributed by atoms with Crippen molar-refractivity contribution < 1.29 is 0 Å². The van der Waals surface area contributed by atoms with Crippen LogP contribution in [0, 0.1) is 0 Å². The van der Waals surface area contributed by atoms with Crippen LogP contribution in [0.5, 0.6) is 0 Å². The van der Waals surface area contributed by atoms with E-state index in [4.69, 9.17) is 0 Å². The lowest BCUT2D eigenvalue weighted by molar-refractivity contribution is 0.335. The van der Waals surface area contributed by atoms with Crippen LogP contribution in [-0.2, 0) is 5.41 Å². The molecule has 0 saturated carbocycles. The van der Waals surface area contributed by atoms with Gasteiger partial charge in [-0.2, -0.15) is 0 Å². The third-order valence-corrected chi connectivity index (χ3v) is 4.40. The van der Waals surface area contributed by atoms with Crippen molar-refractivity contribution in [3.8, 4) is 11.1 Å². The highest BCUT2D eigenvalue weighted by Gasteiger charge is 2.28. The number of hydrogen-bond acceptors (Lipinski definition) is 1. The van der Waals surface area contributed by atoms with Crippen LogP contribution in [0.4, 0.5) is 0 Å². The monoisotopic (exact) mass is 251 g/mol. The van der Waals surface area contributed by atoms with Crippen LogP contribution in [0.15, 0.2) is 54.6 Å². The van der Waals surface area contributed by atoms with E-state index in [1.807, 2.05) is 0 Å². The van der Waals surface area contributed by atoms with Gasteiger partial charge >= 0.3 is 0 Å². The van der Waals surface area contributed by atoms with E-state index in [0.717, 1.165) is 13.1 Å². The molecule has 2 aromatic carbocycles. The summed E-state index contributed by atoms with van der Waals surface area (Å²) >= 11 is 0. The van der Waals surface area contributed by atoms with Gasteiger partial charge in [-0.3, -0.25) is 0 Å². The molecular weight excluding hydrogens is 230 g/mol. The van der Waals surface area contributed by atoms with E-state index < -0.39 is 0 Å². The molecule has 1 aliphatic heterocycles. The lowest BCUT2D eigenvalue weighted by atomic mass is 9.75. The highest BCUT2D eigenvalue weighted by molar-refractivity contribution is 5.63. The highest BCUT2D eigenvalue weighted by atomic mass is 14.9. The van der Waals surface area contributed by atoms with Crippen molar-refractivity contribution in [1.82, 2.24) is 5.32 Å². The van der Waals surface area contributed by atoms with Crippen LogP contribution in [-0.4, -0.2) is 13.1 Å². The third kappa shape index (κ3) is 2.57. The average molecular weight is 251 g/mol. The van der Waals surface area contributed by atoms with Crippen molar-refractivity contribution in [2.24, 2.45) is 0 Å². The molecule has 1 fully saturated rings. The lowest BCUT2D eigenvalue weighted by Gasteiger charge is -2.34. The summed E-state index contributed by atoms with van der Waals surface area (Å²) in [4.78, 5) is 0. The Kier molecular flexibility index (Phi) is 3.39. The summed E-state index contributed by atoms with van der Waals surface area (Å²) in [5, 5.41) is 3.45. The number of nitrogens with one attached hydrogen (secondary N) is 1. The number of piperidine rings is 1. The molecule has 0 unspecified atom stereocenters. The van der Waals surface area contributed by atoms with Crippen molar-refractivity contribution >= 4 is 0 Å². The second-order valence-corrected chi connectivity index (χ2v) is 5.75. The van der Waals surface area contributed by atoms with Gasteiger partial charge in [0.25, 0.3) is 0 Å². The molecule has 98 valence electrons. The highest BCUT2D eigenvalue weighted by Crippen LogP contribution is 2.33. The number of hydrogen-bond donors (Lipinski definition) is 1. The fourth-order valence-corrected chi connectivity index (χ4v) is 2.96. The maximum atomic E-state index is 3.45. The first-order valence-electron chi connectivity index (χ1n) is 7.15. The molecule has 0 atom stereocenters. The molecule has 3 rings (SSSR count). The minimum Gasteiger partial charge on any atom is -0.317 e. The van der Waals surface area contributed by atoms with Crippen molar-refractivity contribution in [3.63, 3.8) is 0 Å². The molecule has 1 heteroatoms. The Labute approximate surface area is 115 Å². The Morgan fingerprint density at radius 1 is 0.789 bits per heavy atom. The molecule has 0 amide bonds. The molecule has 19 heavy (non-hydrogen) atoms. The van der Waals surface area contributed by atoms with Gasteiger partial charge in [0.15, 0.2) is 0 Å². The molecule has 1 heterocycles. The van der Waals surface area contributed by atoms with Crippen LogP contribution in [0.25, 0.3) is 11.1 Å². The number of rotatable bonds is 2. The van der Waals surface area contributed by atoms with E-state index >= 15 is 0 Å². The van der Waals surface area contributed by atoms with Crippen molar-refractivity contribution in [2.75, 3.05) is 13.1 Å². The van der Waals surface area contributed by atoms with Crippen LogP contribution < -0.4 is 5.32 Å². The van der Waals surface area contributed by atoms with E-state index in [1.165, 1.54) is 29.5 Å². The average Bonchev–Trinajstić information content (AvgIpc) is 2.49. The van der Waals surface area contributed by atoms with E-state index in [0.29, 0.717) is 5.41 Å². The van der Waals surface area contributed by atoms with Crippen LogP contribution >= 0.6 is 0 Å². The summed E-state index contributed by atoms with van der Waals surface area (Å²) in [7, 11) is 0. The van der Waals surface area contributed by atoms with Gasteiger partial charge in [-0.05, 0) is 48.0 Å². The fraction of sp³-hybridized carbons (Fsp3) is 0.333. The fourth-order valence-electron chi connectivity index (χ4n) is 2.96. The van der Waals surface area contributed by atoms with Gasteiger partial charge in [0.2, 0.25) is 0 Å². The molecule has 1 aliphatic rings. The summed E-state index contributed by atoms with van der Waals surface area (Å²) < 4.78 is 0. The van der Waals surface area contributed by atoms with E-state index in [9.17, 15) is 0 Å². The standard InChI is InChI=1S/C18H21N/c1-18(11-13-19-14-12-18)17-9-7-16(8-10-17)15-5-3-2-4-6-15/h2-10,19H,11-14H2,1H3. The summed E-state index contributed by atoms with van der Waals surface area (Å²) in [5.41, 5.74) is 4.43. The van der Waals surface area contributed by atoms with Gasteiger partial charge in [0, 0.05) is 0 Å². The smallest absolute Gasteiger partial charge is 0.00405 e. The normalized spacial score (nSPS) is 18.2. The largest absolute Gasteiger partial charge is 0.317 e. The molecule has 0 aromatic heterocycles. The first kappa shape index (κ1) is 12.4. The molecule has 0 aliphatic carbocycles. The Morgan fingerprint density at radius 2 is 1.37 bits per heavy atom. The van der Waals surface area contributed by atoms with E-state index in [1.54, 1.807) is 0 Å². The van der Waals surface area contributed by atoms with E-state index in [2.05, 4.69) is 66.8 Å². The minimum atomic E-state index is 0.348. The van der Waals surface area contributed by atoms with Crippen molar-refractivity contribution in [1.29, 1.82) is 0 Å². The van der Waals surface area contributed by atoms with Gasteiger partial charge < -0.3 is 5.32 Å². The third-order valence-electron chi connectivity index (χ3n) is 4.40. The maximum Gasteiger partial charge on any atom is -0.00405 e. The van der Waals surface area contributed by atoms with Gasteiger partial charge in [0.05, 0.1) is 0 Å². The van der Waals surface area contributed by atoms with Gasteiger partial charge in [-0.15, -0.1) is 0 Å². The molecule has 0 spiro atoms.